The molecule has 0 aromatic heterocycles. The molecule has 31 heavy (non-hydrogen) atoms. The molecule has 1 amide bonds. The van der Waals surface area contributed by atoms with E-state index in [0.717, 1.165) is 36.0 Å². The molecule has 1 saturated carbocycles. The Hall–Kier alpha value is -2.82. The van der Waals surface area contributed by atoms with Crippen molar-refractivity contribution < 1.29 is 19.1 Å². The van der Waals surface area contributed by atoms with Gasteiger partial charge in [-0.05, 0) is 57.4 Å². The van der Waals surface area contributed by atoms with Gasteiger partial charge in [0.05, 0.1) is 0 Å². The maximum atomic E-state index is 13.7. The summed E-state index contributed by atoms with van der Waals surface area (Å²) in [7, 11) is 0. The lowest BCUT2D eigenvalue weighted by molar-refractivity contribution is 0.0713. The summed E-state index contributed by atoms with van der Waals surface area (Å²) in [5, 5.41) is 3.18. The minimum absolute atomic E-state index is 0.0166. The topological polar surface area (TPSA) is 64.6 Å². The fourth-order valence-electron chi connectivity index (χ4n) is 4.97. The zero-order valence-electron chi connectivity index (χ0n) is 18.7. The molecule has 0 spiro atoms. The average Bonchev–Trinajstić information content (AvgIpc) is 2.77. The van der Waals surface area contributed by atoms with E-state index in [1.807, 2.05) is 32.9 Å². The molecular formula is C26H31NO4. The highest BCUT2D eigenvalue weighted by atomic mass is 16.6. The van der Waals surface area contributed by atoms with E-state index in [1.165, 1.54) is 0 Å². The van der Waals surface area contributed by atoms with Gasteiger partial charge in [-0.3, -0.25) is 9.59 Å². The van der Waals surface area contributed by atoms with E-state index >= 15 is 0 Å². The lowest BCUT2D eigenvalue weighted by Gasteiger charge is -2.37. The summed E-state index contributed by atoms with van der Waals surface area (Å²) in [6.45, 7) is 6.98. The highest BCUT2D eigenvalue weighted by Crippen LogP contribution is 2.37. The SMILES string of the molecule is CCc1c(C(=O)NC2(C(=O)c3cc(C)cc(C)c3)CCCCC2)ccc2c1OCCO2. The summed E-state index contributed by atoms with van der Waals surface area (Å²) in [4.78, 5) is 27.2. The van der Waals surface area contributed by atoms with Gasteiger partial charge in [-0.15, -0.1) is 0 Å². The van der Waals surface area contributed by atoms with Gasteiger partial charge in [-0.1, -0.05) is 43.4 Å². The number of hydrogen-bond donors (Lipinski definition) is 1. The minimum Gasteiger partial charge on any atom is -0.486 e. The number of carbonyl (C=O) groups is 2. The number of carbonyl (C=O) groups excluding carboxylic acids is 2. The van der Waals surface area contributed by atoms with Gasteiger partial charge in [0.25, 0.3) is 5.91 Å². The van der Waals surface area contributed by atoms with E-state index in [4.69, 9.17) is 9.47 Å². The van der Waals surface area contributed by atoms with E-state index in [9.17, 15) is 9.59 Å². The summed E-state index contributed by atoms with van der Waals surface area (Å²) >= 11 is 0. The molecular weight excluding hydrogens is 390 g/mol. The van der Waals surface area contributed by atoms with Crippen molar-refractivity contribution in [2.75, 3.05) is 13.2 Å². The fraction of sp³-hybridized carbons (Fsp3) is 0.462. The molecule has 1 fully saturated rings. The van der Waals surface area contributed by atoms with E-state index in [1.54, 1.807) is 12.1 Å². The molecule has 1 aliphatic carbocycles. The quantitative estimate of drug-likeness (QED) is 0.694. The number of rotatable bonds is 5. The Bertz CT molecular complexity index is 984. The van der Waals surface area contributed by atoms with Gasteiger partial charge in [0.2, 0.25) is 0 Å². The number of fused-ring (bicyclic) bond motifs is 1. The lowest BCUT2D eigenvalue weighted by Crippen LogP contribution is -2.55. The van der Waals surface area contributed by atoms with Gasteiger partial charge in [0.1, 0.15) is 18.8 Å². The van der Waals surface area contributed by atoms with E-state index in [2.05, 4.69) is 11.4 Å². The van der Waals surface area contributed by atoms with Crippen molar-refractivity contribution in [3.8, 4) is 11.5 Å². The summed E-state index contributed by atoms with van der Waals surface area (Å²) in [6, 6.07) is 9.51. The third kappa shape index (κ3) is 4.18. The predicted octanol–water partition coefficient (Wildman–Crippen LogP) is 4.95. The Labute approximate surface area is 184 Å². The highest BCUT2D eigenvalue weighted by molar-refractivity contribution is 6.08. The van der Waals surface area contributed by atoms with Crippen molar-refractivity contribution in [1.29, 1.82) is 0 Å². The number of ketones is 1. The van der Waals surface area contributed by atoms with Gasteiger partial charge in [0, 0.05) is 16.7 Å². The van der Waals surface area contributed by atoms with Crippen LogP contribution in [0.2, 0.25) is 0 Å². The maximum Gasteiger partial charge on any atom is 0.252 e. The number of ether oxygens (including phenoxy) is 2. The molecule has 0 radical (unpaired) electrons. The molecule has 1 heterocycles. The number of benzene rings is 2. The largest absolute Gasteiger partial charge is 0.486 e. The smallest absolute Gasteiger partial charge is 0.252 e. The molecule has 0 atom stereocenters. The molecule has 5 heteroatoms. The molecule has 0 saturated heterocycles. The molecule has 2 aromatic carbocycles. The highest BCUT2D eigenvalue weighted by Gasteiger charge is 2.42. The van der Waals surface area contributed by atoms with Crippen LogP contribution in [0.3, 0.4) is 0 Å². The number of aryl methyl sites for hydroxylation is 2. The monoisotopic (exact) mass is 421 g/mol. The molecule has 164 valence electrons. The predicted molar refractivity (Wildman–Crippen MR) is 120 cm³/mol. The van der Waals surface area contributed by atoms with Crippen LogP contribution in [0.4, 0.5) is 0 Å². The molecule has 1 aliphatic heterocycles. The van der Waals surface area contributed by atoms with Gasteiger partial charge in [-0.25, -0.2) is 0 Å². The average molecular weight is 422 g/mol. The van der Waals surface area contributed by atoms with Crippen LogP contribution in [-0.2, 0) is 6.42 Å². The third-order valence-electron chi connectivity index (χ3n) is 6.39. The second kappa shape index (κ2) is 8.74. The van der Waals surface area contributed by atoms with Gasteiger partial charge in [-0.2, -0.15) is 0 Å². The molecule has 0 bridgehead atoms. The second-order valence-electron chi connectivity index (χ2n) is 8.77. The van der Waals surface area contributed by atoms with Crippen molar-refractivity contribution >= 4 is 11.7 Å². The Morgan fingerprint density at radius 1 is 0.968 bits per heavy atom. The summed E-state index contributed by atoms with van der Waals surface area (Å²) < 4.78 is 11.5. The molecule has 1 N–H and O–H groups in total. The molecule has 2 aromatic rings. The van der Waals surface area contributed by atoms with E-state index in [0.29, 0.717) is 55.1 Å². The van der Waals surface area contributed by atoms with Crippen molar-refractivity contribution in [3.63, 3.8) is 0 Å². The molecule has 2 aliphatic rings. The van der Waals surface area contributed by atoms with E-state index < -0.39 is 5.54 Å². The first kappa shape index (κ1) is 21.4. The third-order valence-corrected chi connectivity index (χ3v) is 6.39. The fourth-order valence-corrected chi connectivity index (χ4v) is 4.97. The Morgan fingerprint density at radius 2 is 1.65 bits per heavy atom. The lowest BCUT2D eigenvalue weighted by atomic mass is 9.76. The standard InChI is InChI=1S/C26H31NO4/c1-4-20-21(8-9-22-23(20)31-13-12-30-22)25(29)27-26(10-6-5-7-11-26)24(28)19-15-17(2)14-18(3)16-19/h8-9,14-16H,4-7,10-13H2,1-3H3,(H,27,29). The zero-order valence-corrected chi connectivity index (χ0v) is 18.7. The van der Waals surface area contributed by atoms with Crippen LogP contribution in [-0.4, -0.2) is 30.4 Å². The first-order valence-electron chi connectivity index (χ1n) is 11.3. The first-order chi connectivity index (χ1) is 14.9. The first-order valence-corrected chi connectivity index (χ1v) is 11.3. The van der Waals surface area contributed by atoms with Crippen molar-refractivity contribution in [2.45, 2.75) is 64.8 Å². The van der Waals surface area contributed by atoms with Crippen LogP contribution in [0, 0.1) is 13.8 Å². The Morgan fingerprint density at radius 3 is 2.32 bits per heavy atom. The molecule has 5 nitrogen and oxygen atoms in total. The molecule has 0 unspecified atom stereocenters. The van der Waals surface area contributed by atoms with Crippen LogP contribution in [0.25, 0.3) is 0 Å². The van der Waals surface area contributed by atoms with Crippen molar-refractivity contribution in [1.82, 2.24) is 5.32 Å². The van der Waals surface area contributed by atoms with Gasteiger partial charge >= 0.3 is 0 Å². The van der Waals surface area contributed by atoms with Gasteiger partial charge < -0.3 is 14.8 Å². The normalized spacial score (nSPS) is 17.1. The van der Waals surface area contributed by atoms with Crippen molar-refractivity contribution in [2.24, 2.45) is 0 Å². The molecule has 4 rings (SSSR count). The zero-order chi connectivity index (χ0) is 22.0. The number of nitrogens with one attached hydrogen (secondary N) is 1. The van der Waals surface area contributed by atoms with Crippen LogP contribution in [0.1, 0.15) is 76.4 Å². The number of Topliss-reactive ketones (excluding diaryl/α,β-unsaturated/α-hetero) is 1. The van der Waals surface area contributed by atoms with Crippen LogP contribution >= 0.6 is 0 Å². The summed E-state index contributed by atoms with van der Waals surface area (Å²) in [5.41, 5.74) is 3.32. The van der Waals surface area contributed by atoms with Crippen LogP contribution in [0.15, 0.2) is 30.3 Å². The number of hydrogen-bond acceptors (Lipinski definition) is 4. The maximum absolute atomic E-state index is 13.7. The minimum atomic E-state index is -0.867. The Kier molecular flexibility index (Phi) is 6.03. The van der Waals surface area contributed by atoms with Crippen molar-refractivity contribution in [3.05, 3.63) is 58.1 Å². The second-order valence-corrected chi connectivity index (χ2v) is 8.77. The van der Waals surface area contributed by atoms with Gasteiger partial charge in [0.15, 0.2) is 17.3 Å². The Balaban J connectivity index is 1.69. The van der Waals surface area contributed by atoms with Crippen LogP contribution in [0.5, 0.6) is 11.5 Å². The number of amides is 1. The van der Waals surface area contributed by atoms with Crippen LogP contribution < -0.4 is 14.8 Å². The summed E-state index contributed by atoms with van der Waals surface area (Å²) in [6.07, 6.45) is 4.92. The summed E-state index contributed by atoms with van der Waals surface area (Å²) in [5.74, 6) is 1.13. The van der Waals surface area contributed by atoms with E-state index in [-0.39, 0.29) is 11.7 Å².